The van der Waals surface area contributed by atoms with E-state index in [1.54, 1.807) is 0 Å². The molecule has 0 spiro atoms. The Bertz CT molecular complexity index is 3850. The number of anilines is 5. The van der Waals surface area contributed by atoms with Crippen molar-refractivity contribution in [1.29, 1.82) is 0 Å². The number of rotatable bonds is 8. The summed E-state index contributed by atoms with van der Waals surface area (Å²) in [5.74, 6) is 0. The first kappa shape index (κ1) is 42.6. The SMILES string of the molecule is C1=CC2=C(c3ccccc3-c3c(N(c4ccccc4)c4ccccc4)cc4ccccc4c3-c3ccccc32)C(N(c2ccccc2)c2ccc3c(c2)C(c2ccccc2)(c2ccccc2)c2ccccc2-3)C1. The molecule has 14 rings (SSSR count). The van der Waals surface area contributed by atoms with Crippen molar-refractivity contribution in [2.75, 3.05) is 9.80 Å². The van der Waals surface area contributed by atoms with E-state index in [1.165, 1.54) is 88.7 Å². The lowest BCUT2D eigenvalue weighted by Crippen LogP contribution is -2.34. The van der Waals surface area contributed by atoms with Gasteiger partial charge in [-0.3, -0.25) is 0 Å². The van der Waals surface area contributed by atoms with E-state index in [0.717, 1.165) is 34.9 Å². The number of fused-ring (bicyclic) bond motifs is 12. The Morgan fingerprint density at radius 3 is 1.49 bits per heavy atom. The zero-order chi connectivity index (χ0) is 48.3. The Hall–Kier alpha value is -9.24. The maximum Gasteiger partial charge on any atom is 0.0714 e. The fourth-order valence-electron chi connectivity index (χ4n) is 12.7. The van der Waals surface area contributed by atoms with Gasteiger partial charge in [0.1, 0.15) is 0 Å². The Morgan fingerprint density at radius 2 is 0.849 bits per heavy atom. The third-order valence-corrected chi connectivity index (χ3v) is 15.6. The van der Waals surface area contributed by atoms with Gasteiger partial charge in [0.25, 0.3) is 0 Å². The van der Waals surface area contributed by atoms with Crippen LogP contribution in [0.15, 0.2) is 285 Å². The number of para-hydroxylation sites is 3. The first-order chi connectivity index (χ1) is 36.3. The molecule has 0 fully saturated rings. The summed E-state index contributed by atoms with van der Waals surface area (Å²) >= 11 is 0. The molecule has 11 aromatic carbocycles. The van der Waals surface area contributed by atoms with Crippen LogP contribution in [0.4, 0.5) is 28.4 Å². The molecule has 0 saturated heterocycles. The van der Waals surface area contributed by atoms with E-state index in [1.807, 2.05) is 0 Å². The summed E-state index contributed by atoms with van der Waals surface area (Å²) in [6.07, 6.45) is 5.64. The van der Waals surface area contributed by atoms with Gasteiger partial charge in [0.2, 0.25) is 0 Å². The van der Waals surface area contributed by atoms with Crippen LogP contribution in [-0.4, -0.2) is 6.04 Å². The standard InChI is InChI=1S/C71H50N2/c1-6-26-50(27-7-1)71(51-28-8-2-9-29-51)64-43-23-22-38-58(64)59-46-45-55(48-65(59)71)73(54-34-14-5-15-35-54)66-44-24-42-60-57-37-18-19-39-61(57)69-56-36-17-16-25-49(56)47-67(70(69)63-41-21-20-40-62(63)68(60)66)72(52-30-10-3-11-31-52)53-32-12-4-13-33-53/h1-43,45-48,66H,44H2. The van der Waals surface area contributed by atoms with Gasteiger partial charge in [-0.2, -0.15) is 0 Å². The van der Waals surface area contributed by atoms with Crippen LogP contribution in [0.5, 0.6) is 0 Å². The Balaban J connectivity index is 1.06. The average Bonchev–Trinajstić information content (AvgIpc) is 3.82. The van der Waals surface area contributed by atoms with Gasteiger partial charge in [-0.15, -0.1) is 0 Å². The molecule has 3 aliphatic rings. The normalized spacial score (nSPS) is 14.7. The smallest absolute Gasteiger partial charge is 0.0714 e. The molecule has 0 bridgehead atoms. The maximum absolute atomic E-state index is 2.65. The summed E-state index contributed by atoms with van der Waals surface area (Å²) in [6.45, 7) is 0. The summed E-state index contributed by atoms with van der Waals surface area (Å²) in [4.78, 5) is 5.11. The van der Waals surface area contributed by atoms with Crippen LogP contribution in [-0.2, 0) is 5.41 Å². The van der Waals surface area contributed by atoms with E-state index >= 15 is 0 Å². The third-order valence-electron chi connectivity index (χ3n) is 15.6. The number of benzene rings is 11. The van der Waals surface area contributed by atoms with Gasteiger partial charge >= 0.3 is 0 Å². The summed E-state index contributed by atoms with van der Waals surface area (Å²) in [6, 6.07) is 101. The summed E-state index contributed by atoms with van der Waals surface area (Å²) in [5.41, 5.74) is 22.7. The van der Waals surface area contributed by atoms with Crippen LogP contribution < -0.4 is 9.80 Å². The molecule has 2 nitrogen and oxygen atoms in total. The monoisotopic (exact) mass is 930 g/mol. The third kappa shape index (κ3) is 6.71. The second-order valence-corrected chi connectivity index (χ2v) is 19.4. The molecule has 0 N–H and O–H groups in total. The second kappa shape index (κ2) is 17.6. The minimum absolute atomic E-state index is 0.0916. The zero-order valence-electron chi connectivity index (χ0n) is 40.3. The lowest BCUT2D eigenvalue weighted by molar-refractivity contribution is 0.764. The van der Waals surface area contributed by atoms with Crippen molar-refractivity contribution in [2.45, 2.75) is 17.9 Å². The van der Waals surface area contributed by atoms with Crippen LogP contribution in [0.3, 0.4) is 0 Å². The van der Waals surface area contributed by atoms with Crippen LogP contribution in [0.2, 0.25) is 0 Å². The molecule has 0 heterocycles. The molecular formula is C71H50N2. The lowest BCUT2D eigenvalue weighted by Gasteiger charge is -2.40. The molecule has 0 saturated carbocycles. The predicted molar refractivity (Wildman–Crippen MR) is 306 cm³/mol. The molecule has 11 aromatic rings. The van der Waals surface area contributed by atoms with Gasteiger partial charge in [0.05, 0.1) is 17.1 Å². The van der Waals surface area contributed by atoms with E-state index < -0.39 is 5.41 Å². The first-order valence-electron chi connectivity index (χ1n) is 25.5. The van der Waals surface area contributed by atoms with Gasteiger partial charge in [-0.25, -0.2) is 0 Å². The average molecular weight is 931 g/mol. The van der Waals surface area contributed by atoms with Crippen molar-refractivity contribution in [3.63, 3.8) is 0 Å². The molecule has 73 heavy (non-hydrogen) atoms. The van der Waals surface area contributed by atoms with Crippen LogP contribution >= 0.6 is 0 Å². The van der Waals surface area contributed by atoms with Crippen molar-refractivity contribution >= 4 is 50.4 Å². The van der Waals surface area contributed by atoms with E-state index in [0.29, 0.717) is 0 Å². The zero-order valence-corrected chi connectivity index (χ0v) is 40.3. The minimum Gasteiger partial charge on any atom is -0.334 e. The van der Waals surface area contributed by atoms with Crippen LogP contribution in [0.1, 0.15) is 39.8 Å². The van der Waals surface area contributed by atoms with Crippen LogP contribution in [0.25, 0.3) is 55.3 Å². The second-order valence-electron chi connectivity index (χ2n) is 19.4. The van der Waals surface area contributed by atoms with Gasteiger partial charge in [0, 0.05) is 33.9 Å². The highest BCUT2D eigenvalue weighted by Gasteiger charge is 2.47. The number of nitrogens with zero attached hydrogens (tertiary/aromatic N) is 2. The quantitative estimate of drug-likeness (QED) is 0.150. The van der Waals surface area contributed by atoms with E-state index in [9.17, 15) is 0 Å². The van der Waals surface area contributed by atoms with Crippen molar-refractivity contribution in [3.05, 3.63) is 319 Å². The van der Waals surface area contributed by atoms with Crippen molar-refractivity contribution < 1.29 is 0 Å². The molecule has 2 heteroatoms. The summed E-state index contributed by atoms with van der Waals surface area (Å²) in [5, 5.41) is 2.43. The molecule has 0 aliphatic heterocycles. The highest BCUT2D eigenvalue weighted by molar-refractivity contribution is 6.17. The Labute approximate surface area is 427 Å². The first-order valence-corrected chi connectivity index (χ1v) is 25.5. The largest absolute Gasteiger partial charge is 0.334 e. The molecule has 1 atom stereocenters. The number of hydrogen-bond acceptors (Lipinski definition) is 2. The molecule has 1 unspecified atom stereocenters. The number of hydrogen-bond donors (Lipinski definition) is 0. The molecule has 344 valence electrons. The Morgan fingerprint density at radius 1 is 0.356 bits per heavy atom. The van der Waals surface area contributed by atoms with E-state index in [2.05, 4.69) is 295 Å². The molecule has 0 amide bonds. The van der Waals surface area contributed by atoms with Crippen molar-refractivity contribution in [3.8, 4) is 33.4 Å². The van der Waals surface area contributed by atoms with Crippen molar-refractivity contribution in [1.82, 2.24) is 0 Å². The highest BCUT2D eigenvalue weighted by atomic mass is 15.2. The van der Waals surface area contributed by atoms with Gasteiger partial charge in [-0.1, -0.05) is 231 Å². The molecule has 3 aliphatic carbocycles. The summed E-state index contributed by atoms with van der Waals surface area (Å²) in [7, 11) is 0. The maximum atomic E-state index is 2.65. The topological polar surface area (TPSA) is 6.48 Å². The number of allylic oxidation sites excluding steroid dienone is 2. The molecule has 0 radical (unpaired) electrons. The summed E-state index contributed by atoms with van der Waals surface area (Å²) < 4.78 is 0. The molecular weight excluding hydrogens is 881 g/mol. The van der Waals surface area contributed by atoms with Crippen molar-refractivity contribution in [2.24, 2.45) is 0 Å². The van der Waals surface area contributed by atoms with Gasteiger partial charge < -0.3 is 9.80 Å². The van der Waals surface area contributed by atoms with E-state index in [4.69, 9.17) is 0 Å². The van der Waals surface area contributed by atoms with Gasteiger partial charge in [0.15, 0.2) is 0 Å². The van der Waals surface area contributed by atoms with Gasteiger partial charge in [-0.05, 0) is 139 Å². The Kier molecular flexibility index (Phi) is 10.3. The predicted octanol–water partition coefficient (Wildman–Crippen LogP) is 18.4. The highest BCUT2D eigenvalue weighted by Crippen LogP contribution is 2.59. The fourth-order valence-corrected chi connectivity index (χ4v) is 12.7. The fraction of sp³-hybridized carbons (Fsp3) is 0.0423. The molecule has 0 aromatic heterocycles. The van der Waals surface area contributed by atoms with Crippen LogP contribution in [0, 0.1) is 0 Å². The van der Waals surface area contributed by atoms with E-state index in [-0.39, 0.29) is 6.04 Å². The lowest BCUT2D eigenvalue weighted by atomic mass is 9.67. The minimum atomic E-state index is -0.540.